The van der Waals surface area contributed by atoms with Gasteiger partial charge >= 0.3 is 0 Å². The summed E-state index contributed by atoms with van der Waals surface area (Å²) in [6, 6.07) is 2.01. The predicted molar refractivity (Wildman–Crippen MR) is 58.0 cm³/mol. The van der Waals surface area contributed by atoms with E-state index in [4.69, 9.17) is 5.73 Å². The number of aryl methyl sites for hydroxylation is 2. The highest BCUT2D eigenvalue weighted by Gasteiger charge is 2.05. The third kappa shape index (κ3) is 1.81. The first-order valence-electron chi connectivity index (χ1n) is 4.81. The summed E-state index contributed by atoms with van der Waals surface area (Å²) in [5, 5.41) is 7.90. The summed E-state index contributed by atoms with van der Waals surface area (Å²) in [6.45, 7) is 2.05. The number of anilines is 1. The summed E-state index contributed by atoms with van der Waals surface area (Å²) in [7, 11) is 1.84. The molecule has 2 N–H and O–H groups in total. The van der Waals surface area contributed by atoms with Gasteiger partial charge in [0, 0.05) is 18.8 Å². The van der Waals surface area contributed by atoms with Crippen LogP contribution in [0.15, 0.2) is 18.5 Å². The van der Waals surface area contributed by atoms with Crippen molar-refractivity contribution >= 4 is 5.82 Å². The molecule has 78 valence electrons. The minimum Gasteiger partial charge on any atom is -0.383 e. The van der Waals surface area contributed by atoms with Gasteiger partial charge in [-0.15, -0.1) is 5.10 Å². The molecule has 0 atom stereocenters. The standard InChI is InChI=1S/C10H13N5/c1-3-7-4-8(5-12-10(7)11)9-6-15(2)14-13-9/h4-6H,3H2,1-2H3,(H2,11,12). The smallest absolute Gasteiger partial charge is 0.126 e. The summed E-state index contributed by atoms with van der Waals surface area (Å²) in [4.78, 5) is 4.14. The molecule has 0 aliphatic rings. The van der Waals surface area contributed by atoms with Crippen LogP contribution in [0.2, 0.25) is 0 Å². The number of nitrogens with zero attached hydrogens (tertiary/aromatic N) is 4. The van der Waals surface area contributed by atoms with Gasteiger partial charge in [-0.3, -0.25) is 4.68 Å². The number of nitrogen functional groups attached to an aromatic ring is 1. The Labute approximate surface area is 87.9 Å². The maximum absolute atomic E-state index is 5.73. The Morgan fingerprint density at radius 1 is 1.47 bits per heavy atom. The lowest BCUT2D eigenvalue weighted by Gasteiger charge is -2.03. The lowest BCUT2D eigenvalue weighted by atomic mass is 10.1. The topological polar surface area (TPSA) is 69.6 Å². The highest BCUT2D eigenvalue weighted by atomic mass is 15.4. The van der Waals surface area contributed by atoms with Crippen LogP contribution < -0.4 is 5.73 Å². The summed E-state index contributed by atoms with van der Waals surface area (Å²) >= 11 is 0. The molecule has 0 bridgehead atoms. The Balaban J connectivity index is 2.45. The second-order valence-corrected chi connectivity index (χ2v) is 3.40. The number of rotatable bonds is 2. The molecule has 0 aliphatic carbocycles. The van der Waals surface area contributed by atoms with Crippen molar-refractivity contribution in [2.75, 3.05) is 5.73 Å². The highest BCUT2D eigenvalue weighted by Crippen LogP contribution is 2.19. The van der Waals surface area contributed by atoms with E-state index in [9.17, 15) is 0 Å². The molecule has 2 aromatic heterocycles. The van der Waals surface area contributed by atoms with E-state index >= 15 is 0 Å². The van der Waals surface area contributed by atoms with Gasteiger partial charge in [0.2, 0.25) is 0 Å². The summed E-state index contributed by atoms with van der Waals surface area (Å²) in [5.74, 6) is 0.588. The first-order chi connectivity index (χ1) is 7.20. The van der Waals surface area contributed by atoms with Crippen LogP contribution in [0.4, 0.5) is 5.82 Å². The molecule has 0 saturated carbocycles. The van der Waals surface area contributed by atoms with E-state index in [0.29, 0.717) is 5.82 Å². The molecular weight excluding hydrogens is 190 g/mol. The average molecular weight is 203 g/mol. The van der Waals surface area contributed by atoms with Gasteiger partial charge in [0.15, 0.2) is 0 Å². The molecule has 0 saturated heterocycles. The number of aromatic nitrogens is 4. The van der Waals surface area contributed by atoms with Gasteiger partial charge in [0.1, 0.15) is 11.5 Å². The monoisotopic (exact) mass is 203 g/mol. The van der Waals surface area contributed by atoms with Crippen LogP contribution in [0.25, 0.3) is 11.3 Å². The van der Waals surface area contributed by atoms with E-state index in [1.807, 2.05) is 26.2 Å². The van der Waals surface area contributed by atoms with Crippen LogP contribution >= 0.6 is 0 Å². The van der Waals surface area contributed by atoms with E-state index < -0.39 is 0 Å². The minimum absolute atomic E-state index is 0.588. The Morgan fingerprint density at radius 3 is 2.87 bits per heavy atom. The Morgan fingerprint density at radius 2 is 2.27 bits per heavy atom. The second-order valence-electron chi connectivity index (χ2n) is 3.40. The summed E-state index contributed by atoms with van der Waals surface area (Å²) in [6.07, 6.45) is 4.44. The van der Waals surface area contributed by atoms with E-state index in [2.05, 4.69) is 15.3 Å². The molecule has 2 heterocycles. The van der Waals surface area contributed by atoms with Gasteiger partial charge in [-0.1, -0.05) is 12.1 Å². The lowest BCUT2D eigenvalue weighted by Crippen LogP contribution is -1.97. The molecule has 0 aliphatic heterocycles. The number of hydrogen-bond donors (Lipinski definition) is 1. The summed E-state index contributed by atoms with van der Waals surface area (Å²) < 4.78 is 1.66. The maximum Gasteiger partial charge on any atom is 0.126 e. The molecule has 0 unspecified atom stereocenters. The maximum atomic E-state index is 5.73. The van der Waals surface area contributed by atoms with Crippen molar-refractivity contribution in [3.63, 3.8) is 0 Å². The van der Waals surface area contributed by atoms with Crippen LogP contribution in [0.3, 0.4) is 0 Å². The fourth-order valence-corrected chi connectivity index (χ4v) is 1.42. The molecule has 0 amide bonds. The van der Waals surface area contributed by atoms with E-state index in [-0.39, 0.29) is 0 Å². The van der Waals surface area contributed by atoms with Crippen LogP contribution in [0.1, 0.15) is 12.5 Å². The molecule has 2 aromatic rings. The first-order valence-corrected chi connectivity index (χ1v) is 4.81. The number of hydrogen-bond acceptors (Lipinski definition) is 4. The third-order valence-electron chi connectivity index (χ3n) is 2.28. The largest absolute Gasteiger partial charge is 0.383 e. The van der Waals surface area contributed by atoms with Gasteiger partial charge in [-0.05, 0) is 18.1 Å². The van der Waals surface area contributed by atoms with Gasteiger partial charge < -0.3 is 5.73 Å². The van der Waals surface area contributed by atoms with Crippen molar-refractivity contribution in [1.29, 1.82) is 0 Å². The van der Waals surface area contributed by atoms with Crippen LogP contribution in [-0.4, -0.2) is 20.0 Å². The van der Waals surface area contributed by atoms with Gasteiger partial charge in [0.05, 0.1) is 6.20 Å². The number of nitrogens with two attached hydrogens (primary N) is 1. The molecule has 5 nitrogen and oxygen atoms in total. The first kappa shape index (κ1) is 9.64. The molecule has 5 heteroatoms. The van der Waals surface area contributed by atoms with E-state index in [1.165, 1.54) is 0 Å². The quantitative estimate of drug-likeness (QED) is 0.791. The SMILES string of the molecule is CCc1cc(-c2cn(C)nn2)cnc1N. The Bertz CT molecular complexity index is 474. The van der Waals surface area contributed by atoms with Crippen molar-refractivity contribution in [2.45, 2.75) is 13.3 Å². The van der Waals surface area contributed by atoms with Gasteiger partial charge in [-0.25, -0.2) is 4.98 Å². The molecule has 2 rings (SSSR count). The van der Waals surface area contributed by atoms with Crippen molar-refractivity contribution < 1.29 is 0 Å². The second kappa shape index (κ2) is 3.68. The zero-order valence-corrected chi connectivity index (χ0v) is 8.81. The van der Waals surface area contributed by atoms with Crippen LogP contribution in [0, 0.1) is 0 Å². The van der Waals surface area contributed by atoms with Gasteiger partial charge in [0.25, 0.3) is 0 Å². The Kier molecular flexibility index (Phi) is 2.37. The molecule has 0 fully saturated rings. The zero-order valence-electron chi connectivity index (χ0n) is 8.81. The van der Waals surface area contributed by atoms with Crippen LogP contribution in [0.5, 0.6) is 0 Å². The summed E-state index contributed by atoms with van der Waals surface area (Å²) in [5.41, 5.74) is 8.54. The molecule has 0 radical (unpaired) electrons. The molecule has 0 aromatic carbocycles. The van der Waals surface area contributed by atoms with Crippen LogP contribution in [-0.2, 0) is 13.5 Å². The predicted octanol–water partition coefficient (Wildman–Crippen LogP) is 1.02. The lowest BCUT2D eigenvalue weighted by molar-refractivity contribution is 0.715. The van der Waals surface area contributed by atoms with E-state index in [1.54, 1.807) is 10.9 Å². The number of pyridine rings is 1. The highest BCUT2D eigenvalue weighted by molar-refractivity contribution is 5.60. The fraction of sp³-hybridized carbons (Fsp3) is 0.300. The molecular formula is C10H13N5. The third-order valence-corrected chi connectivity index (χ3v) is 2.28. The molecule has 15 heavy (non-hydrogen) atoms. The van der Waals surface area contributed by atoms with Gasteiger partial charge in [-0.2, -0.15) is 0 Å². The minimum atomic E-state index is 0.588. The van der Waals surface area contributed by atoms with Crippen molar-refractivity contribution in [2.24, 2.45) is 7.05 Å². The Hall–Kier alpha value is -1.91. The van der Waals surface area contributed by atoms with E-state index in [0.717, 1.165) is 23.2 Å². The van der Waals surface area contributed by atoms with Crippen molar-refractivity contribution in [3.05, 3.63) is 24.0 Å². The zero-order chi connectivity index (χ0) is 10.8. The average Bonchev–Trinajstić information content (AvgIpc) is 2.66. The van der Waals surface area contributed by atoms with Crippen molar-refractivity contribution in [1.82, 2.24) is 20.0 Å². The normalized spacial score (nSPS) is 10.5. The molecule has 0 spiro atoms. The van der Waals surface area contributed by atoms with Crippen molar-refractivity contribution in [3.8, 4) is 11.3 Å². The fourth-order valence-electron chi connectivity index (χ4n) is 1.42.